The molecule has 1 aromatic carbocycles. The van der Waals surface area contributed by atoms with Gasteiger partial charge in [0.05, 0.1) is 10.7 Å². The highest BCUT2D eigenvalue weighted by Crippen LogP contribution is 2.37. The van der Waals surface area contributed by atoms with Crippen LogP contribution in [0.1, 0.15) is 67.4 Å². The van der Waals surface area contributed by atoms with Crippen molar-refractivity contribution in [3.8, 4) is 0 Å². The Kier molecular flexibility index (Phi) is 6.21. The highest BCUT2D eigenvalue weighted by molar-refractivity contribution is 7.89. The first kappa shape index (κ1) is 23.6. The first-order valence-corrected chi connectivity index (χ1v) is 12.4. The molecule has 0 aliphatic heterocycles. The molecule has 3 N–H and O–H groups in total. The van der Waals surface area contributed by atoms with Crippen LogP contribution in [0.4, 0.5) is 0 Å². The molecule has 4 rings (SSSR count). The molecule has 2 unspecified atom stereocenters. The van der Waals surface area contributed by atoms with Gasteiger partial charge in [-0.05, 0) is 61.9 Å². The van der Waals surface area contributed by atoms with Gasteiger partial charge in [-0.15, -0.1) is 5.10 Å². The average Bonchev–Trinajstić information content (AvgIpc) is 3.39. The molecule has 0 spiro atoms. The molecular weight excluding hydrogens is 468 g/mol. The molecule has 176 valence electrons. The molecule has 0 saturated carbocycles. The Bertz CT molecular complexity index is 1340. The highest BCUT2D eigenvalue weighted by atomic mass is 35.5. The maximum atomic E-state index is 13.3. The van der Waals surface area contributed by atoms with E-state index in [-0.39, 0.29) is 21.6 Å². The Labute approximate surface area is 196 Å². The van der Waals surface area contributed by atoms with E-state index in [1.807, 2.05) is 19.1 Å². The minimum Gasteiger partial charge on any atom is -0.391 e. The van der Waals surface area contributed by atoms with Gasteiger partial charge in [0, 0.05) is 5.92 Å². The number of aliphatic hydroxyl groups is 1. The largest absolute Gasteiger partial charge is 0.434 e. The first-order valence-electron chi connectivity index (χ1n) is 10.5. The summed E-state index contributed by atoms with van der Waals surface area (Å²) in [7, 11) is -4.21. The molecule has 0 fully saturated rings. The summed E-state index contributed by atoms with van der Waals surface area (Å²) in [6, 6.07) is 7.61. The van der Waals surface area contributed by atoms with Crippen LogP contribution in [0.2, 0.25) is 5.02 Å². The lowest BCUT2D eigenvalue weighted by Gasteiger charge is -2.25. The molecule has 1 aliphatic rings. The molecule has 0 saturated heterocycles. The number of aromatic amines is 1. The van der Waals surface area contributed by atoms with Gasteiger partial charge in [-0.2, -0.15) is 4.72 Å². The Hall–Kier alpha value is -2.53. The van der Waals surface area contributed by atoms with Crippen LogP contribution in [0.25, 0.3) is 0 Å². The Morgan fingerprint density at radius 2 is 2.00 bits per heavy atom. The lowest BCUT2D eigenvalue weighted by Crippen LogP contribution is -2.33. The number of halogens is 1. The topological polar surface area (TPSA) is 138 Å². The van der Waals surface area contributed by atoms with Gasteiger partial charge in [-0.1, -0.05) is 36.7 Å². The SMILES string of the molecule is CC(c1cccc2c1CCC2)C(NS(=O)(=O)c1ccc(Cl)c(C(C)(C)O)n1)c1n[nH]c(=O)o1. The van der Waals surface area contributed by atoms with Crippen LogP contribution in [0.5, 0.6) is 0 Å². The molecule has 0 radical (unpaired) electrons. The van der Waals surface area contributed by atoms with E-state index >= 15 is 0 Å². The van der Waals surface area contributed by atoms with Gasteiger partial charge in [0.25, 0.3) is 10.0 Å². The van der Waals surface area contributed by atoms with Crippen molar-refractivity contribution in [3.63, 3.8) is 0 Å². The van der Waals surface area contributed by atoms with Gasteiger partial charge in [0.15, 0.2) is 5.03 Å². The monoisotopic (exact) mass is 492 g/mol. The van der Waals surface area contributed by atoms with Gasteiger partial charge in [-0.3, -0.25) is 0 Å². The van der Waals surface area contributed by atoms with Crippen molar-refractivity contribution in [2.75, 3.05) is 0 Å². The predicted molar refractivity (Wildman–Crippen MR) is 122 cm³/mol. The van der Waals surface area contributed by atoms with Crippen molar-refractivity contribution in [1.82, 2.24) is 19.9 Å². The molecule has 3 aromatic rings. The predicted octanol–water partition coefficient (Wildman–Crippen LogP) is 2.95. The third kappa shape index (κ3) is 4.74. The Balaban J connectivity index is 1.76. The van der Waals surface area contributed by atoms with E-state index in [1.54, 1.807) is 0 Å². The van der Waals surface area contributed by atoms with E-state index < -0.39 is 33.3 Å². The smallest absolute Gasteiger partial charge is 0.391 e. The third-order valence-electron chi connectivity index (χ3n) is 5.85. The second kappa shape index (κ2) is 8.68. The van der Waals surface area contributed by atoms with Crippen molar-refractivity contribution in [2.24, 2.45) is 0 Å². The van der Waals surface area contributed by atoms with E-state index in [0.717, 1.165) is 24.8 Å². The summed E-state index contributed by atoms with van der Waals surface area (Å²) < 4.78 is 34.4. The number of nitrogens with zero attached hydrogens (tertiary/aromatic N) is 2. The minimum absolute atomic E-state index is 0.0313. The van der Waals surface area contributed by atoms with Crippen LogP contribution < -0.4 is 10.5 Å². The molecule has 2 aromatic heterocycles. The van der Waals surface area contributed by atoms with Crippen molar-refractivity contribution in [3.05, 3.63) is 74.2 Å². The highest BCUT2D eigenvalue weighted by Gasteiger charge is 2.34. The second-order valence-corrected chi connectivity index (χ2v) is 10.8. The lowest BCUT2D eigenvalue weighted by molar-refractivity contribution is 0.0733. The van der Waals surface area contributed by atoms with Crippen LogP contribution >= 0.6 is 11.6 Å². The van der Waals surface area contributed by atoms with Crippen molar-refractivity contribution in [1.29, 1.82) is 0 Å². The molecule has 2 atom stereocenters. The van der Waals surface area contributed by atoms with Crippen LogP contribution in [-0.4, -0.2) is 28.7 Å². The van der Waals surface area contributed by atoms with Crippen molar-refractivity contribution < 1.29 is 17.9 Å². The summed E-state index contributed by atoms with van der Waals surface area (Å²) in [5, 5.41) is 16.2. The third-order valence-corrected chi connectivity index (χ3v) is 7.50. The average molecular weight is 493 g/mol. The molecule has 33 heavy (non-hydrogen) atoms. The quantitative estimate of drug-likeness (QED) is 0.460. The standard InChI is InChI=1S/C22H25ClN4O5S/c1-12(14-8-4-6-13-7-5-9-15(13)14)18(20-25-26-21(28)32-20)27-33(30,31)17-11-10-16(23)19(24-17)22(2,3)29/h4,6,8,10-12,18,27,29H,5,7,9H2,1-3H3,(H,26,28). The second-order valence-electron chi connectivity index (χ2n) is 8.72. The number of fused-ring (bicyclic) bond motifs is 1. The molecule has 11 heteroatoms. The number of hydrogen-bond donors (Lipinski definition) is 3. The van der Waals surface area contributed by atoms with Crippen LogP contribution in [0.3, 0.4) is 0 Å². The van der Waals surface area contributed by atoms with E-state index in [2.05, 4.69) is 26.0 Å². The number of aromatic nitrogens is 3. The van der Waals surface area contributed by atoms with E-state index in [1.165, 1.54) is 37.1 Å². The summed E-state index contributed by atoms with van der Waals surface area (Å²) >= 11 is 6.12. The van der Waals surface area contributed by atoms with Crippen molar-refractivity contribution in [2.45, 2.75) is 62.6 Å². The van der Waals surface area contributed by atoms with Crippen molar-refractivity contribution >= 4 is 21.6 Å². The zero-order valence-electron chi connectivity index (χ0n) is 18.4. The Morgan fingerprint density at radius 1 is 1.24 bits per heavy atom. The fraction of sp³-hybridized carbons (Fsp3) is 0.409. The van der Waals surface area contributed by atoms with E-state index in [4.69, 9.17) is 16.0 Å². The first-order chi connectivity index (χ1) is 15.5. The zero-order valence-corrected chi connectivity index (χ0v) is 20.0. The van der Waals surface area contributed by atoms with Crippen LogP contribution in [0, 0.1) is 0 Å². The normalized spacial score (nSPS) is 15.9. The fourth-order valence-corrected chi connectivity index (χ4v) is 5.78. The summed E-state index contributed by atoms with van der Waals surface area (Å²) in [5.74, 6) is -1.27. The maximum absolute atomic E-state index is 13.3. The number of sulfonamides is 1. The summed E-state index contributed by atoms with van der Waals surface area (Å²) in [4.78, 5) is 15.8. The van der Waals surface area contributed by atoms with E-state index in [9.17, 15) is 18.3 Å². The number of hydrogen-bond acceptors (Lipinski definition) is 7. The summed E-state index contributed by atoms with van der Waals surface area (Å²) in [6.45, 7) is 4.78. The lowest BCUT2D eigenvalue weighted by atomic mass is 9.88. The summed E-state index contributed by atoms with van der Waals surface area (Å²) in [5.41, 5.74) is 1.96. The zero-order chi connectivity index (χ0) is 24.0. The van der Waals surface area contributed by atoms with E-state index in [0.29, 0.717) is 0 Å². The molecule has 0 bridgehead atoms. The van der Waals surface area contributed by atoms with Gasteiger partial charge in [0.2, 0.25) is 5.89 Å². The number of rotatable bonds is 7. The molecule has 1 aliphatic carbocycles. The maximum Gasteiger partial charge on any atom is 0.434 e. The molecule has 2 heterocycles. The van der Waals surface area contributed by atoms with Crippen LogP contribution in [0.15, 0.2) is 44.6 Å². The molecule has 0 amide bonds. The minimum atomic E-state index is -4.21. The number of benzene rings is 1. The fourth-order valence-electron chi connectivity index (χ4n) is 4.23. The van der Waals surface area contributed by atoms with Gasteiger partial charge >= 0.3 is 5.76 Å². The summed E-state index contributed by atoms with van der Waals surface area (Å²) in [6.07, 6.45) is 2.90. The number of aryl methyl sites for hydroxylation is 1. The molecule has 9 nitrogen and oxygen atoms in total. The van der Waals surface area contributed by atoms with Gasteiger partial charge in [-0.25, -0.2) is 23.3 Å². The number of H-pyrrole nitrogens is 1. The number of pyridine rings is 1. The number of nitrogens with one attached hydrogen (secondary N) is 2. The van der Waals surface area contributed by atoms with Crippen LogP contribution in [-0.2, 0) is 28.5 Å². The van der Waals surface area contributed by atoms with Gasteiger partial charge < -0.3 is 9.52 Å². The Morgan fingerprint density at radius 3 is 2.67 bits per heavy atom. The van der Waals surface area contributed by atoms with Gasteiger partial charge in [0.1, 0.15) is 11.6 Å². The molecular formula is C22H25ClN4O5S.